The predicted octanol–water partition coefficient (Wildman–Crippen LogP) is 5.71. The van der Waals surface area contributed by atoms with Gasteiger partial charge < -0.3 is 14.0 Å². The highest BCUT2D eigenvalue weighted by atomic mass is 16.5. The molecule has 5 heteroatoms. The number of aromatic nitrogens is 1. The maximum atomic E-state index is 14.0. The summed E-state index contributed by atoms with van der Waals surface area (Å²) >= 11 is 0. The Morgan fingerprint density at radius 1 is 1.12 bits per heavy atom. The minimum Gasteiger partial charge on any atom is -0.483 e. The lowest BCUT2D eigenvalue weighted by Crippen LogP contribution is -2.33. The molecule has 0 amide bonds. The van der Waals surface area contributed by atoms with Crippen molar-refractivity contribution in [3.63, 3.8) is 0 Å². The van der Waals surface area contributed by atoms with Crippen molar-refractivity contribution in [3.8, 4) is 11.5 Å². The average molecular weight is 443 g/mol. The molecule has 5 rings (SSSR count). The van der Waals surface area contributed by atoms with Crippen molar-refractivity contribution in [2.75, 3.05) is 14.1 Å². The zero-order valence-corrected chi connectivity index (χ0v) is 20.1. The molecule has 0 saturated heterocycles. The quantitative estimate of drug-likeness (QED) is 0.300. The molecule has 1 unspecified atom stereocenters. The van der Waals surface area contributed by atoms with Crippen molar-refractivity contribution in [3.05, 3.63) is 64.3 Å². The summed E-state index contributed by atoms with van der Waals surface area (Å²) in [5.74, 6) is 1.29. The van der Waals surface area contributed by atoms with Gasteiger partial charge in [-0.15, -0.1) is 0 Å². The van der Waals surface area contributed by atoms with Gasteiger partial charge in [0.1, 0.15) is 17.1 Å². The highest BCUT2D eigenvalue weighted by Gasteiger charge is 2.28. The van der Waals surface area contributed by atoms with Crippen LogP contribution in [0.5, 0.6) is 11.5 Å². The molecule has 170 valence electrons. The van der Waals surface area contributed by atoms with Crippen molar-refractivity contribution in [1.29, 1.82) is 0 Å². The van der Waals surface area contributed by atoms with E-state index in [1.807, 2.05) is 76.3 Å². The average Bonchev–Trinajstić information content (AvgIpc) is 2.78. The summed E-state index contributed by atoms with van der Waals surface area (Å²) in [4.78, 5) is 16.0. The molecule has 0 fully saturated rings. The lowest BCUT2D eigenvalue weighted by Gasteiger charge is -2.31. The summed E-state index contributed by atoms with van der Waals surface area (Å²) in [6.07, 6.45) is 4.74. The number of hydrogen-bond acceptors (Lipinski definition) is 4. The van der Waals surface area contributed by atoms with E-state index in [1.165, 1.54) is 0 Å². The second-order valence-corrected chi connectivity index (χ2v) is 9.60. The number of fused-ring (bicyclic) bond motifs is 5. The molecule has 0 aliphatic carbocycles. The standard InChI is InChI=1S/C28H30N2O3/c1-7-24(29(4)5)32-23-16-22-19(12-13-28(2,3)33-22)26-25(23)27(31)20-14-17-10-8-9-11-18(17)15-21(20)30(26)6/h8-16,24H,7H2,1-6H3. The van der Waals surface area contributed by atoms with Crippen LogP contribution in [0.2, 0.25) is 0 Å². The molecule has 0 spiro atoms. The summed E-state index contributed by atoms with van der Waals surface area (Å²) in [5.41, 5.74) is 2.17. The maximum absolute atomic E-state index is 14.0. The van der Waals surface area contributed by atoms with Gasteiger partial charge in [-0.2, -0.15) is 0 Å². The maximum Gasteiger partial charge on any atom is 0.201 e. The van der Waals surface area contributed by atoms with Gasteiger partial charge in [0.05, 0.1) is 16.4 Å². The number of hydrogen-bond donors (Lipinski definition) is 0. The van der Waals surface area contributed by atoms with Crippen molar-refractivity contribution in [1.82, 2.24) is 9.47 Å². The molecule has 33 heavy (non-hydrogen) atoms. The van der Waals surface area contributed by atoms with Crippen LogP contribution in [-0.2, 0) is 7.05 Å². The van der Waals surface area contributed by atoms with E-state index in [0.29, 0.717) is 16.5 Å². The largest absolute Gasteiger partial charge is 0.483 e. The van der Waals surface area contributed by atoms with Crippen molar-refractivity contribution in [2.24, 2.45) is 7.05 Å². The second kappa shape index (κ2) is 7.63. The van der Waals surface area contributed by atoms with E-state index in [1.54, 1.807) is 0 Å². The predicted molar refractivity (Wildman–Crippen MR) is 136 cm³/mol. The van der Waals surface area contributed by atoms with Gasteiger partial charge in [0, 0.05) is 24.1 Å². The summed E-state index contributed by atoms with van der Waals surface area (Å²) in [7, 11) is 5.98. The van der Waals surface area contributed by atoms with Crippen molar-refractivity contribution in [2.45, 2.75) is 39.0 Å². The number of ether oxygens (including phenoxy) is 2. The first-order valence-electron chi connectivity index (χ1n) is 11.4. The molecule has 1 aliphatic rings. The lowest BCUT2D eigenvalue weighted by atomic mass is 9.97. The van der Waals surface area contributed by atoms with Crippen LogP contribution >= 0.6 is 0 Å². The fourth-order valence-electron chi connectivity index (χ4n) is 4.79. The Hall–Kier alpha value is -3.31. The lowest BCUT2D eigenvalue weighted by molar-refractivity contribution is 0.0620. The molecule has 3 aromatic carbocycles. The van der Waals surface area contributed by atoms with Crippen LogP contribution in [0, 0.1) is 0 Å². The van der Waals surface area contributed by atoms with E-state index < -0.39 is 5.60 Å². The van der Waals surface area contributed by atoms with Crippen LogP contribution in [0.1, 0.15) is 32.8 Å². The SMILES string of the molecule is CCC(Oc1cc2c(c3c1c(=O)c1cc4ccccc4cc1n3C)C=CC(C)(C)O2)N(C)C. The zero-order valence-electron chi connectivity index (χ0n) is 20.1. The Labute approximate surface area is 193 Å². The van der Waals surface area contributed by atoms with Crippen LogP contribution in [-0.4, -0.2) is 35.4 Å². The monoisotopic (exact) mass is 442 g/mol. The van der Waals surface area contributed by atoms with Crippen LogP contribution in [0.25, 0.3) is 38.7 Å². The topological polar surface area (TPSA) is 43.7 Å². The summed E-state index contributed by atoms with van der Waals surface area (Å²) in [6.45, 7) is 6.13. The highest BCUT2D eigenvalue weighted by molar-refractivity contribution is 6.05. The van der Waals surface area contributed by atoms with E-state index in [9.17, 15) is 4.79 Å². The van der Waals surface area contributed by atoms with Gasteiger partial charge in [0.2, 0.25) is 5.43 Å². The number of rotatable bonds is 4. The molecule has 0 bridgehead atoms. The van der Waals surface area contributed by atoms with Crippen LogP contribution in [0.15, 0.2) is 53.3 Å². The van der Waals surface area contributed by atoms with Crippen LogP contribution < -0.4 is 14.9 Å². The number of pyridine rings is 1. The Morgan fingerprint density at radius 3 is 2.48 bits per heavy atom. The van der Waals surface area contributed by atoms with E-state index in [-0.39, 0.29) is 11.7 Å². The Morgan fingerprint density at radius 2 is 1.82 bits per heavy atom. The van der Waals surface area contributed by atoms with Gasteiger partial charge in [-0.3, -0.25) is 9.69 Å². The molecule has 4 aromatic rings. The summed E-state index contributed by atoms with van der Waals surface area (Å²) in [6, 6.07) is 14.1. The number of benzene rings is 3. The van der Waals surface area contributed by atoms with Crippen LogP contribution in [0.4, 0.5) is 0 Å². The third-order valence-corrected chi connectivity index (χ3v) is 6.51. The molecular formula is C28H30N2O3. The Kier molecular flexibility index (Phi) is 4.98. The van der Waals surface area contributed by atoms with Gasteiger partial charge in [-0.25, -0.2) is 0 Å². The first kappa shape index (κ1) is 21.5. The van der Waals surface area contributed by atoms with Gasteiger partial charge >= 0.3 is 0 Å². The minimum atomic E-state index is -0.435. The zero-order chi connectivity index (χ0) is 23.5. The highest BCUT2D eigenvalue weighted by Crippen LogP contribution is 2.41. The fourth-order valence-corrected chi connectivity index (χ4v) is 4.79. The number of nitrogens with zero attached hydrogens (tertiary/aromatic N) is 2. The van der Waals surface area contributed by atoms with Crippen LogP contribution in [0.3, 0.4) is 0 Å². The first-order valence-corrected chi connectivity index (χ1v) is 11.4. The van der Waals surface area contributed by atoms with Crippen molar-refractivity contribution >= 4 is 38.7 Å². The summed E-state index contributed by atoms with van der Waals surface area (Å²) in [5, 5.41) is 3.43. The fraction of sp³-hybridized carbons (Fsp3) is 0.321. The van der Waals surface area contributed by atoms with Crippen molar-refractivity contribution < 1.29 is 9.47 Å². The number of aryl methyl sites for hydroxylation is 1. The summed E-state index contributed by atoms with van der Waals surface area (Å²) < 4.78 is 14.9. The molecule has 0 radical (unpaired) electrons. The molecule has 2 heterocycles. The smallest absolute Gasteiger partial charge is 0.201 e. The first-order chi connectivity index (χ1) is 15.7. The molecule has 0 saturated carbocycles. The van der Waals surface area contributed by atoms with Gasteiger partial charge in [0.25, 0.3) is 0 Å². The Bertz CT molecular complexity index is 1490. The third-order valence-electron chi connectivity index (χ3n) is 6.51. The molecular weight excluding hydrogens is 412 g/mol. The van der Waals surface area contributed by atoms with E-state index in [4.69, 9.17) is 9.47 Å². The molecule has 1 aliphatic heterocycles. The molecule has 5 nitrogen and oxygen atoms in total. The van der Waals surface area contributed by atoms with Gasteiger partial charge in [-0.1, -0.05) is 31.2 Å². The second-order valence-electron chi connectivity index (χ2n) is 9.60. The molecule has 0 N–H and O–H groups in total. The Balaban J connectivity index is 1.92. The minimum absolute atomic E-state index is 0.0199. The molecule has 1 aromatic heterocycles. The molecule has 1 atom stereocenters. The normalized spacial score (nSPS) is 15.7. The van der Waals surface area contributed by atoms with E-state index in [0.717, 1.165) is 39.5 Å². The van der Waals surface area contributed by atoms with Gasteiger partial charge in [0.15, 0.2) is 6.23 Å². The van der Waals surface area contributed by atoms with Gasteiger partial charge in [-0.05, 0) is 69.4 Å². The third kappa shape index (κ3) is 3.47. The van der Waals surface area contributed by atoms with E-state index in [2.05, 4.69) is 29.7 Å². The van der Waals surface area contributed by atoms with E-state index >= 15 is 0 Å².